The van der Waals surface area contributed by atoms with Crippen LogP contribution in [0.4, 0.5) is 0 Å². The fourth-order valence-corrected chi connectivity index (χ4v) is 3.82. The molecule has 0 radical (unpaired) electrons. The first-order valence-electron chi connectivity index (χ1n) is 10.1. The summed E-state index contributed by atoms with van der Waals surface area (Å²) in [6, 6.07) is 6.82. The highest BCUT2D eigenvalue weighted by molar-refractivity contribution is 6.07. The van der Waals surface area contributed by atoms with E-state index < -0.39 is 0 Å². The number of fused-ring (bicyclic) bond motifs is 1. The van der Waals surface area contributed by atoms with Gasteiger partial charge in [-0.2, -0.15) is 5.10 Å². The van der Waals surface area contributed by atoms with Gasteiger partial charge >= 0.3 is 0 Å². The maximum absolute atomic E-state index is 12.9. The van der Waals surface area contributed by atoms with Crippen molar-refractivity contribution in [3.63, 3.8) is 0 Å². The lowest BCUT2D eigenvalue weighted by Gasteiger charge is -2.26. The molecule has 0 saturated carbocycles. The number of aryl methyl sites for hydroxylation is 1. The number of rotatable bonds is 4. The molecule has 30 heavy (non-hydrogen) atoms. The lowest BCUT2D eigenvalue weighted by Crippen LogP contribution is -2.40. The number of hydrogen-bond donors (Lipinski definition) is 1. The van der Waals surface area contributed by atoms with E-state index >= 15 is 0 Å². The van der Waals surface area contributed by atoms with Crippen LogP contribution in [0.1, 0.15) is 50.6 Å². The van der Waals surface area contributed by atoms with E-state index in [0.29, 0.717) is 49.8 Å². The average molecular weight is 411 g/mol. The number of benzene rings is 1. The second-order valence-corrected chi connectivity index (χ2v) is 7.34. The maximum Gasteiger partial charge on any atom is 0.290 e. The molecule has 0 bridgehead atoms. The lowest BCUT2D eigenvalue weighted by atomic mass is 9.93. The number of carbonyl (C=O) groups is 2. The molecule has 2 aliphatic rings. The van der Waals surface area contributed by atoms with Crippen LogP contribution in [0.25, 0.3) is 0 Å². The molecule has 0 spiro atoms. The molecule has 2 amide bonds. The number of morpholine rings is 1. The highest BCUT2D eigenvalue weighted by Crippen LogP contribution is 2.30. The van der Waals surface area contributed by atoms with Gasteiger partial charge in [0.1, 0.15) is 11.5 Å². The smallest absolute Gasteiger partial charge is 0.290 e. The summed E-state index contributed by atoms with van der Waals surface area (Å²) < 4.78 is 16.4. The van der Waals surface area contributed by atoms with Crippen molar-refractivity contribution in [1.82, 2.24) is 10.3 Å². The predicted molar refractivity (Wildman–Crippen MR) is 110 cm³/mol. The molecule has 1 aliphatic heterocycles. The van der Waals surface area contributed by atoms with Crippen LogP contribution in [-0.2, 0) is 11.2 Å². The number of hydrogen-bond acceptors (Lipinski definition) is 6. The number of carbonyl (C=O) groups excluding carboxylic acids is 2. The number of amides is 2. The Morgan fingerprint density at radius 1 is 1.13 bits per heavy atom. The van der Waals surface area contributed by atoms with Crippen molar-refractivity contribution in [2.45, 2.75) is 26.2 Å². The molecule has 1 aliphatic carbocycles. The van der Waals surface area contributed by atoms with E-state index in [1.165, 1.54) is 0 Å². The Hall–Kier alpha value is -3.13. The second kappa shape index (κ2) is 8.71. The molecule has 8 nitrogen and oxygen atoms in total. The van der Waals surface area contributed by atoms with Crippen molar-refractivity contribution in [2.75, 3.05) is 33.4 Å². The van der Waals surface area contributed by atoms with Gasteiger partial charge in [0.15, 0.2) is 5.76 Å². The van der Waals surface area contributed by atoms with Crippen LogP contribution in [0.5, 0.6) is 5.75 Å². The number of ether oxygens (including phenoxy) is 2. The number of nitrogens with zero attached hydrogens (tertiary/aromatic N) is 2. The van der Waals surface area contributed by atoms with E-state index in [1.807, 2.05) is 6.92 Å². The highest BCUT2D eigenvalue weighted by atomic mass is 16.5. The van der Waals surface area contributed by atoms with Gasteiger partial charge in [0.25, 0.3) is 11.8 Å². The zero-order valence-corrected chi connectivity index (χ0v) is 17.2. The Morgan fingerprint density at radius 2 is 1.87 bits per heavy atom. The van der Waals surface area contributed by atoms with Gasteiger partial charge in [-0.05, 0) is 44.0 Å². The van der Waals surface area contributed by atoms with E-state index in [1.54, 1.807) is 36.3 Å². The van der Waals surface area contributed by atoms with Gasteiger partial charge in [-0.15, -0.1) is 0 Å². The summed E-state index contributed by atoms with van der Waals surface area (Å²) in [7, 11) is 1.58. The van der Waals surface area contributed by atoms with Crippen LogP contribution in [0.3, 0.4) is 0 Å². The van der Waals surface area contributed by atoms with Gasteiger partial charge in [0, 0.05) is 36.2 Å². The summed E-state index contributed by atoms with van der Waals surface area (Å²) in [6.45, 7) is 4.07. The SMILES string of the molecule is COc1ccc(C(=O)N/N=C2\CCCc3oc(C(=O)N4CCOCC4)c(C)c32)cc1. The van der Waals surface area contributed by atoms with Crippen molar-refractivity contribution in [1.29, 1.82) is 0 Å². The minimum atomic E-state index is -0.303. The molecule has 4 rings (SSSR count). The predicted octanol–water partition coefficient (Wildman–Crippen LogP) is 2.54. The number of hydrazone groups is 1. The summed E-state index contributed by atoms with van der Waals surface area (Å²) in [5.74, 6) is 1.38. The van der Waals surface area contributed by atoms with Crippen LogP contribution < -0.4 is 10.2 Å². The Kier molecular flexibility index (Phi) is 5.85. The van der Waals surface area contributed by atoms with Gasteiger partial charge in [-0.25, -0.2) is 5.43 Å². The molecule has 1 N–H and O–H groups in total. The summed E-state index contributed by atoms with van der Waals surface area (Å²) in [6.07, 6.45) is 2.31. The molecule has 2 aromatic rings. The standard InChI is InChI=1S/C22H25N3O5/c1-14-19-17(23-24-21(26)15-6-8-16(28-2)9-7-15)4-3-5-18(19)30-20(14)22(27)25-10-12-29-13-11-25/h6-9H,3-5,10-13H2,1-2H3,(H,24,26)/b23-17+. The zero-order chi connectivity index (χ0) is 21.1. The molecule has 2 heterocycles. The molecule has 8 heteroatoms. The first-order chi connectivity index (χ1) is 14.6. The van der Waals surface area contributed by atoms with E-state index in [4.69, 9.17) is 13.9 Å². The molecule has 0 atom stereocenters. The van der Waals surface area contributed by atoms with E-state index in [9.17, 15) is 9.59 Å². The monoisotopic (exact) mass is 411 g/mol. The first-order valence-corrected chi connectivity index (χ1v) is 10.1. The Bertz CT molecular complexity index is 971. The van der Waals surface area contributed by atoms with Crippen LogP contribution >= 0.6 is 0 Å². The maximum atomic E-state index is 12.9. The third kappa shape index (κ3) is 3.95. The number of methoxy groups -OCH3 is 1. The highest BCUT2D eigenvalue weighted by Gasteiger charge is 2.30. The van der Waals surface area contributed by atoms with E-state index in [-0.39, 0.29) is 11.8 Å². The van der Waals surface area contributed by atoms with E-state index in [2.05, 4.69) is 10.5 Å². The van der Waals surface area contributed by atoms with E-state index in [0.717, 1.165) is 35.4 Å². The molecule has 158 valence electrons. The topological polar surface area (TPSA) is 93.4 Å². The fourth-order valence-electron chi connectivity index (χ4n) is 3.82. The minimum Gasteiger partial charge on any atom is -0.497 e. The molecule has 1 fully saturated rings. The van der Waals surface area contributed by atoms with Crippen molar-refractivity contribution in [2.24, 2.45) is 5.10 Å². The molecular weight excluding hydrogens is 386 g/mol. The molecule has 1 aromatic carbocycles. The normalized spacial score (nSPS) is 17.5. The van der Waals surface area contributed by atoms with Crippen molar-refractivity contribution in [3.05, 3.63) is 52.5 Å². The molecule has 1 aromatic heterocycles. The zero-order valence-electron chi connectivity index (χ0n) is 17.2. The van der Waals surface area contributed by atoms with Crippen LogP contribution in [0.15, 0.2) is 33.8 Å². The van der Waals surface area contributed by atoms with Crippen molar-refractivity contribution >= 4 is 17.5 Å². The van der Waals surface area contributed by atoms with Gasteiger partial charge in [-0.1, -0.05) is 0 Å². The molecule has 0 unspecified atom stereocenters. The fraction of sp³-hybridized carbons (Fsp3) is 0.409. The van der Waals surface area contributed by atoms with Crippen LogP contribution in [0.2, 0.25) is 0 Å². The Morgan fingerprint density at radius 3 is 2.57 bits per heavy atom. The lowest BCUT2D eigenvalue weighted by molar-refractivity contribution is 0.0281. The Labute approximate surface area is 174 Å². The largest absolute Gasteiger partial charge is 0.497 e. The van der Waals surface area contributed by atoms with Crippen LogP contribution in [-0.4, -0.2) is 55.8 Å². The minimum absolute atomic E-state index is 0.119. The third-order valence-corrected chi connectivity index (χ3v) is 5.46. The number of furan rings is 1. The van der Waals surface area contributed by atoms with Crippen molar-refractivity contribution < 1.29 is 23.5 Å². The summed E-state index contributed by atoms with van der Waals surface area (Å²) in [5.41, 5.74) is 5.47. The van der Waals surface area contributed by atoms with Gasteiger partial charge in [0.2, 0.25) is 0 Å². The first kappa shape index (κ1) is 20.2. The van der Waals surface area contributed by atoms with Gasteiger partial charge in [0.05, 0.1) is 26.0 Å². The summed E-state index contributed by atoms with van der Waals surface area (Å²) >= 11 is 0. The van der Waals surface area contributed by atoms with Crippen LogP contribution in [0, 0.1) is 6.92 Å². The quantitative estimate of drug-likeness (QED) is 0.781. The number of nitrogens with one attached hydrogen (secondary N) is 1. The van der Waals surface area contributed by atoms with Gasteiger partial charge < -0.3 is 18.8 Å². The molecule has 1 saturated heterocycles. The van der Waals surface area contributed by atoms with Gasteiger partial charge in [-0.3, -0.25) is 9.59 Å². The third-order valence-electron chi connectivity index (χ3n) is 5.46. The van der Waals surface area contributed by atoms with Crippen molar-refractivity contribution in [3.8, 4) is 5.75 Å². The summed E-state index contributed by atoms with van der Waals surface area (Å²) in [5, 5.41) is 4.37. The second-order valence-electron chi connectivity index (χ2n) is 7.34. The summed E-state index contributed by atoms with van der Waals surface area (Å²) in [4.78, 5) is 27.1. The Balaban J connectivity index is 1.54. The average Bonchev–Trinajstić information content (AvgIpc) is 3.14. The molecular formula is C22H25N3O5.